The molecule has 0 atom stereocenters. The molecule has 1 saturated carbocycles. The van der Waals surface area contributed by atoms with Gasteiger partial charge < -0.3 is 10.6 Å². The maximum atomic E-state index is 12.6. The summed E-state index contributed by atoms with van der Waals surface area (Å²) in [5, 5.41) is 7.92. The minimum Gasteiger partial charge on any atom is -0.343 e. The van der Waals surface area contributed by atoms with Gasteiger partial charge in [0.15, 0.2) is 5.13 Å². The van der Waals surface area contributed by atoms with Crippen molar-refractivity contribution in [3.05, 3.63) is 76.7 Å². The predicted molar refractivity (Wildman–Crippen MR) is 147 cm³/mol. The van der Waals surface area contributed by atoms with E-state index in [4.69, 9.17) is 0 Å². The van der Waals surface area contributed by atoms with Gasteiger partial charge in [-0.05, 0) is 74.0 Å². The van der Waals surface area contributed by atoms with Crippen molar-refractivity contribution in [2.75, 3.05) is 18.1 Å². The first-order valence-corrected chi connectivity index (χ1v) is 13.8. The Morgan fingerprint density at radius 1 is 1.06 bits per heavy atom. The topological polar surface area (TPSA) is 88.9 Å². The highest BCUT2D eigenvalue weighted by Crippen LogP contribution is 2.41. The summed E-state index contributed by atoms with van der Waals surface area (Å²) in [6, 6.07) is 14.2. The van der Waals surface area contributed by atoms with Gasteiger partial charge in [-0.2, -0.15) is 0 Å². The van der Waals surface area contributed by atoms with Crippen molar-refractivity contribution in [1.82, 2.24) is 19.3 Å². The van der Waals surface area contributed by atoms with E-state index in [9.17, 15) is 9.59 Å². The average molecular weight is 518 g/mol. The van der Waals surface area contributed by atoms with Crippen LogP contribution in [0.4, 0.5) is 5.13 Å². The smallest absolute Gasteiger partial charge is 0.253 e. The normalized spacial score (nSPS) is 13.0. The molecular weight excluding hydrogens is 490 g/mol. The van der Waals surface area contributed by atoms with Crippen LogP contribution in [0.3, 0.4) is 0 Å². The summed E-state index contributed by atoms with van der Waals surface area (Å²) in [7, 11) is 0. The summed E-state index contributed by atoms with van der Waals surface area (Å²) < 4.78 is 2.04. The first-order chi connectivity index (χ1) is 17.4. The molecule has 5 rings (SSSR count). The molecule has 1 fully saturated rings. The van der Waals surface area contributed by atoms with Gasteiger partial charge in [-0.25, -0.2) is 4.98 Å². The van der Waals surface area contributed by atoms with Crippen LogP contribution in [0.1, 0.15) is 46.2 Å². The van der Waals surface area contributed by atoms with E-state index in [-0.39, 0.29) is 18.4 Å². The third-order valence-corrected chi connectivity index (χ3v) is 7.47. The third-order valence-electron chi connectivity index (χ3n) is 6.00. The lowest BCUT2D eigenvalue weighted by molar-refractivity contribution is -0.115. The zero-order valence-electron chi connectivity index (χ0n) is 20.4. The maximum absolute atomic E-state index is 12.6. The van der Waals surface area contributed by atoms with Gasteiger partial charge in [-0.15, -0.1) is 11.3 Å². The predicted octanol–water partition coefficient (Wildman–Crippen LogP) is 5.66. The molecule has 184 valence electrons. The Balaban J connectivity index is 1.21. The van der Waals surface area contributed by atoms with E-state index >= 15 is 0 Å². The van der Waals surface area contributed by atoms with Crippen molar-refractivity contribution >= 4 is 40.2 Å². The van der Waals surface area contributed by atoms with Crippen LogP contribution < -0.4 is 10.6 Å². The molecule has 0 bridgehead atoms. The number of thiazole rings is 1. The van der Waals surface area contributed by atoms with E-state index < -0.39 is 0 Å². The molecular formula is C27H27N5O2S2. The van der Waals surface area contributed by atoms with Crippen molar-refractivity contribution in [3.8, 4) is 22.4 Å². The number of carbonyl (C=O) groups excluding carboxylic acids is 2. The Hall–Kier alpha value is -3.43. The van der Waals surface area contributed by atoms with Crippen molar-refractivity contribution in [1.29, 1.82) is 0 Å². The van der Waals surface area contributed by atoms with Gasteiger partial charge in [0.25, 0.3) is 5.91 Å². The Labute approximate surface area is 218 Å². The first kappa shape index (κ1) is 24.3. The van der Waals surface area contributed by atoms with Crippen LogP contribution in [-0.4, -0.2) is 38.6 Å². The fourth-order valence-corrected chi connectivity index (χ4v) is 5.54. The van der Waals surface area contributed by atoms with Gasteiger partial charge in [-0.1, -0.05) is 18.2 Å². The Morgan fingerprint density at radius 3 is 2.53 bits per heavy atom. The van der Waals surface area contributed by atoms with Crippen LogP contribution in [0.15, 0.2) is 54.0 Å². The van der Waals surface area contributed by atoms with E-state index in [2.05, 4.69) is 44.9 Å². The van der Waals surface area contributed by atoms with Crippen LogP contribution in [0.25, 0.3) is 22.4 Å². The number of nitrogens with zero attached hydrogens (tertiary/aromatic N) is 3. The number of hydrogen-bond acceptors (Lipinski definition) is 6. The van der Waals surface area contributed by atoms with Gasteiger partial charge in [0.1, 0.15) is 0 Å². The number of rotatable bonds is 8. The number of anilines is 1. The Kier molecular flexibility index (Phi) is 6.93. The van der Waals surface area contributed by atoms with Crippen molar-refractivity contribution < 1.29 is 9.59 Å². The van der Waals surface area contributed by atoms with Crippen LogP contribution in [-0.2, 0) is 4.79 Å². The largest absolute Gasteiger partial charge is 0.343 e. The van der Waals surface area contributed by atoms with E-state index in [0.717, 1.165) is 46.6 Å². The molecule has 0 spiro atoms. The van der Waals surface area contributed by atoms with Crippen LogP contribution in [0.2, 0.25) is 0 Å². The van der Waals surface area contributed by atoms with Crippen LogP contribution in [0, 0.1) is 13.8 Å². The number of hydrogen-bond donors (Lipinski definition) is 2. The molecule has 2 N–H and O–H groups in total. The third kappa shape index (κ3) is 5.52. The average Bonchev–Trinajstić information content (AvgIpc) is 3.44. The Bertz CT molecular complexity index is 1420. The summed E-state index contributed by atoms with van der Waals surface area (Å²) >= 11 is 2.93. The van der Waals surface area contributed by atoms with Crippen molar-refractivity contribution in [2.24, 2.45) is 0 Å². The van der Waals surface area contributed by atoms with Gasteiger partial charge in [-0.3, -0.25) is 18.5 Å². The number of aromatic nitrogens is 3. The lowest BCUT2D eigenvalue weighted by atomic mass is 10.0. The quantitative estimate of drug-likeness (QED) is 0.315. The second-order valence-corrected chi connectivity index (χ2v) is 10.5. The lowest BCUT2D eigenvalue weighted by Crippen LogP contribution is -2.32. The van der Waals surface area contributed by atoms with Gasteiger partial charge in [0, 0.05) is 46.4 Å². The second kappa shape index (κ2) is 10.3. The number of benzene rings is 1. The minimum absolute atomic E-state index is 0.118. The molecule has 9 heteroatoms. The van der Waals surface area contributed by atoms with Crippen molar-refractivity contribution in [2.45, 2.75) is 32.6 Å². The van der Waals surface area contributed by atoms with Crippen LogP contribution in [0.5, 0.6) is 0 Å². The molecule has 1 aliphatic carbocycles. The summed E-state index contributed by atoms with van der Waals surface area (Å²) in [6.07, 6.45) is 6.15. The number of nitrogens with one attached hydrogen (secondary N) is 2. The van der Waals surface area contributed by atoms with E-state index in [1.165, 1.54) is 17.0 Å². The number of pyridine rings is 1. The van der Waals surface area contributed by atoms with Gasteiger partial charge in [0.2, 0.25) is 5.91 Å². The van der Waals surface area contributed by atoms with E-state index in [1.54, 1.807) is 11.9 Å². The number of aryl methyl sites for hydroxylation is 2. The summed E-state index contributed by atoms with van der Waals surface area (Å²) in [5.41, 5.74) is 7.66. The monoisotopic (exact) mass is 517 g/mol. The standard InChI is InChI=1S/C27H27N5O2S2/c1-16-9-21(10-17(2)29-16)19-5-4-6-20(11-19)23-15-36-27(30-23)31-25(33)13-28-26(34)22-12-24(18-7-8-18)32(14-22)35-3/h4-6,9-12,14-15,18H,7-8,13H2,1-3H3,(H,28,34)(H,30,31,33). The number of amides is 2. The first-order valence-electron chi connectivity index (χ1n) is 11.8. The molecule has 7 nitrogen and oxygen atoms in total. The summed E-state index contributed by atoms with van der Waals surface area (Å²) in [6.45, 7) is 3.86. The molecule has 36 heavy (non-hydrogen) atoms. The summed E-state index contributed by atoms with van der Waals surface area (Å²) in [5.74, 6) is -0.0226. The molecule has 0 radical (unpaired) electrons. The molecule has 0 aliphatic heterocycles. The summed E-state index contributed by atoms with van der Waals surface area (Å²) in [4.78, 5) is 34.1. The Morgan fingerprint density at radius 2 is 1.81 bits per heavy atom. The van der Waals surface area contributed by atoms with Gasteiger partial charge >= 0.3 is 0 Å². The maximum Gasteiger partial charge on any atom is 0.253 e. The minimum atomic E-state index is -0.313. The molecule has 4 aromatic rings. The second-order valence-electron chi connectivity index (χ2n) is 8.92. The highest BCUT2D eigenvalue weighted by atomic mass is 32.2. The molecule has 3 aromatic heterocycles. The molecule has 0 unspecified atom stereocenters. The molecule has 0 saturated heterocycles. The van der Waals surface area contributed by atoms with E-state index in [0.29, 0.717) is 16.6 Å². The fraction of sp³-hybridized carbons (Fsp3) is 0.259. The lowest BCUT2D eigenvalue weighted by Gasteiger charge is -2.06. The molecule has 3 heterocycles. The van der Waals surface area contributed by atoms with E-state index in [1.807, 2.05) is 53.9 Å². The zero-order valence-corrected chi connectivity index (χ0v) is 22.0. The molecule has 2 amide bonds. The highest BCUT2D eigenvalue weighted by molar-refractivity contribution is 7.97. The zero-order chi connectivity index (χ0) is 25.2. The van der Waals surface area contributed by atoms with Gasteiger partial charge in [0.05, 0.1) is 17.8 Å². The number of carbonyl (C=O) groups is 2. The highest BCUT2D eigenvalue weighted by Gasteiger charge is 2.28. The van der Waals surface area contributed by atoms with Crippen LogP contribution >= 0.6 is 23.3 Å². The van der Waals surface area contributed by atoms with Crippen molar-refractivity contribution in [3.63, 3.8) is 0 Å². The molecule has 1 aliphatic rings. The molecule has 1 aromatic carbocycles. The SMILES string of the molecule is CSn1cc(C(=O)NCC(=O)Nc2nc(-c3cccc(-c4cc(C)nc(C)c4)c3)cs2)cc1C1CC1. The fourth-order valence-electron chi connectivity index (χ4n) is 4.17.